The first kappa shape index (κ1) is 15.6. The smallest absolute Gasteiger partial charge is 0.347 e. The second kappa shape index (κ2) is 6.44. The zero-order chi connectivity index (χ0) is 16.4. The molecule has 0 radical (unpaired) electrons. The van der Waals surface area contributed by atoms with Gasteiger partial charge in [-0.05, 0) is 50.3 Å². The number of hydrogen-bond acceptors (Lipinski definition) is 5. The lowest BCUT2D eigenvalue weighted by Gasteiger charge is -2.14. The SMILES string of the molecule is CCCOC(=O)[C@@H](C)Oc1ccc2c3c(c(=O)oc2c1)CCC3. The number of carbonyl (C=O) groups is 1. The first-order chi connectivity index (χ1) is 11.1. The van der Waals surface area contributed by atoms with E-state index in [1.54, 1.807) is 19.1 Å². The highest BCUT2D eigenvalue weighted by Gasteiger charge is 2.21. The van der Waals surface area contributed by atoms with Gasteiger partial charge in [-0.1, -0.05) is 6.92 Å². The Morgan fingerprint density at radius 3 is 2.87 bits per heavy atom. The molecule has 5 nitrogen and oxygen atoms in total. The number of fused-ring (bicyclic) bond motifs is 3. The van der Waals surface area contributed by atoms with Crippen LogP contribution >= 0.6 is 0 Å². The van der Waals surface area contributed by atoms with E-state index >= 15 is 0 Å². The number of esters is 1. The largest absolute Gasteiger partial charge is 0.479 e. The van der Waals surface area contributed by atoms with E-state index < -0.39 is 12.1 Å². The van der Waals surface area contributed by atoms with Gasteiger partial charge in [0.1, 0.15) is 11.3 Å². The molecule has 1 aromatic heterocycles. The van der Waals surface area contributed by atoms with E-state index in [9.17, 15) is 9.59 Å². The molecule has 0 aliphatic heterocycles. The highest BCUT2D eigenvalue weighted by atomic mass is 16.6. The van der Waals surface area contributed by atoms with Crippen molar-refractivity contribution in [2.75, 3.05) is 6.61 Å². The van der Waals surface area contributed by atoms with Crippen LogP contribution in [-0.4, -0.2) is 18.7 Å². The lowest BCUT2D eigenvalue weighted by Crippen LogP contribution is -2.26. The van der Waals surface area contributed by atoms with Gasteiger partial charge >= 0.3 is 11.6 Å². The van der Waals surface area contributed by atoms with Crippen LogP contribution in [0, 0.1) is 0 Å². The first-order valence-electron chi connectivity index (χ1n) is 8.02. The van der Waals surface area contributed by atoms with Crippen molar-refractivity contribution in [3.8, 4) is 5.75 Å². The minimum atomic E-state index is -0.708. The van der Waals surface area contributed by atoms with E-state index in [1.807, 2.05) is 13.0 Å². The average Bonchev–Trinajstić information content (AvgIpc) is 3.02. The van der Waals surface area contributed by atoms with Crippen LogP contribution in [0.1, 0.15) is 37.8 Å². The van der Waals surface area contributed by atoms with Crippen LogP contribution in [0.5, 0.6) is 5.75 Å². The predicted molar refractivity (Wildman–Crippen MR) is 85.8 cm³/mol. The van der Waals surface area contributed by atoms with Gasteiger partial charge in [0.15, 0.2) is 6.10 Å². The molecule has 0 N–H and O–H groups in total. The highest BCUT2D eigenvalue weighted by Crippen LogP contribution is 2.29. The summed E-state index contributed by atoms with van der Waals surface area (Å²) in [6, 6.07) is 5.35. The lowest BCUT2D eigenvalue weighted by molar-refractivity contribution is -0.151. The van der Waals surface area contributed by atoms with Crippen molar-refractivity contribution in [3.05, 3.63) is 39.7 Å². The molecular weight excluding hydrogens is 296 g/mol. The van der Waals surface area contributed by atoms with Crippen LogP contribution < -0.4 is 10.4 Å². The van der Waals surface area contributed by atoms with Gasteiger partial charge < -0.3 is 13.9 Å². The first-order valence-corrected chi connectivity index (χ1v) is 8.02. The van der Waals surface area contributed by atoms with Crippen LogP contribution in [-0.2, 0) is 22.4 Å². The monoisotopic (exact) mass is 316 g/mol. The Morgan fingerprint density at radius 1 is 1.30 bits per heavy atom. The summed E-state index contributed by atoms with van der Waals surface area (Å²) in [4.78, 5) is 23.8. The highest BCUT2D eigenvalue weighted by molar-refractivity contribution is 5.83. The summed E-state index contributed by atoms with van der Waals surface area (Å²) in [6.07, 6.45) is 2.73. The third-order valence-corrected chi connectivity index (χ3v) is 4.04. The van der Waals surface area contributed by atoms with Crippen LogP contribution in [0.15, 0.2) is 27.4 Å². The van der Waals surface area contributed by atoms with Gasteiger partial charge in [-0.25, -0.2) is 9.59 Å². The summed E-state index contributed by atoms with van der Waals surface area (Å²) >= 11 is 0. The maximum Gasteiger partial charge on any atom is 0.347 e. The molecule has 1 heterocycles. The molecule has 3 rings (SSSR count). The molecule has 1 aliphatic rings. The fourth-order valence-electron chi connectivity index (χ4n) is 2.91. The third kappa shape index (κ3) is 3.09. The molecule has 1 aromatic carbocycles. The zero-order valence-electron chi connectivity index (χ0n) is 13.4. The van der Waals surface area contributed by atoms with Crippen molar-refractivity contribution in [2.24, 2.45) is 0 Å². The Hall–Kier alpha value is -2.30. The van der Waals surface area contributed by atoms with Gasteiger partial charge in [-0.2, -0.15) is 0 Å². The van der Waals surface area contributed by atoms with Crippen molar-refractivity contribution in [3.63, 3.8) is 0 Å². The second-order valence-electron chi connectivity index (χ2n) is 5.79. The molecule has 122 valence electrons. The van der Waals surface area contributed by atoms with Gasteiger partial charge in [0.05, 0.1) is 6.61 Å². The van der Waals surface area contributed by atoms with Gasteiger partial charge in [0.25, 0.3) is 0 Å². The molecule has 0 fully saturated rings. The van der Waals surface area contributed by atoms with Crippen LogP contribution in [0.25, 0.3) is 11.0 Å². The number of ether oxygens (including phenoxy) is 2. The number of benzene rings is 1. The summed E-state index contributed by atoms with van der Waals surface area (Å²) < 4.78 is 16.1. The average molecular weight is 316 g/mol. The quantitative estimate of drug-likeness (QED) is 0.626. The molecule has 1 aliphatic carbocycles. The third-order valence-electron chi connectivity index (χ3n) is 4.04. The lowest BCUT2D eigenvalue weighted by atomic mass is 10.1. The standard InChI is InChI=1S/C18H20O5/c1-3-9-21-17(19)11(2)22-12-7-8-14-13-5-4-6-15(13)18(20)23-16(14)10-12/h7-8,10-11H,3-6,9H2,1-2H3/t11-/m1/s1. The molecule has 23 heavy (non-hydrogen) atoms. The summed E-state index contributed by atoms with van der Waals surface area (Å²) in [5.74, 6) is 0.0851. The molecule has 0 amide bonds. The van der Waals surface area contributed by atoms with Crippen LogP contribution in [0.4, 0.5) is 0 Å². The Morgan fingerprint density at radius 2 is 2.09 bits per heavy atom. The second-order valence-corrected chi connectivity index (χ2v) is 5.79. The summed E-state index contributed by atoms with van der Waals surface area (Å²) in [7, 11) is 0. The fourth-order valence-corrected chi connectivity index (χ4v) is 2.91. The summed E-state index contributed by atoms with van der Waals surface area (Å²) in [5.41, 5.74) is 2.11. The van der Waals surface area contributed by atoms with E-state index in [-0.39, 0.29) is 5.63 Å². The van der Waals surface area contributed by atoms with Crippen LogP contribution in [0.2, 0.25) is 0 Å². The predicted octanol–water partition coefficient (Wildman–Crippen LogP) is 3.00. The minimum Gasteiger partial charge on any atom is -0.479 e. The van der Waals surface area contributed by atoms with E-state index in [0.29, 0.717) is 17.9 Å². The van der Waals surface area contributed by atoms with Gasteiger partial charge in [0.2, 0.25) is 0 Å². The molecule has 0 saturated heterocycles. The van der Waals surface area contributed by atoms with Crippen molar-refractivity contribution in [2.45, 2.75) is 45.6 Å². The normalized spacial score (nSPS) is 14.5. The molecule has 0 bridgehead atoms. The number of aryl methyl sites for hydroxylation is 1. The van der Waals surface area contributed by atoms with Gasteiger partial charge in [-0.15, -0.1) is 0 Å². The van der Waals surface area contributed by atoms with E-state index in [1.165, 1.54) is 0 Å². The maximum absolute atomic E-state index is 12.0. The fraction of sp³-hybridized carbons (Fsp3) is 0.444. The Labute approximate surface area is 134 Å². The molecule has 0 spiro atoms. The minimum absolute atomic E-state index is 0.266. The van der Waals surface area contributed by atoms with Crippen LogP contribution in [0.3, 0.4) is 0 Å². The van der Waals surface area contributed by atoms with E-state index in [2.05, 4.69) is 0 Å². The van der Waals surface area contributed by atoms with Crippen molar-refractivity contribution >= 4 is 16.9 Å². The van der Waals surface area contributed by atoms with Gasteiger partial charge in [0, 0.05) is 17.0 Å². The van der Waals surface area contributed by atoms with Crippen molar-refractivity contribution < 1.29 is 18.7 Å². The zero-order valence-corrected chi connectivity index (χ0v) is 13.4. The molecule has 0 saturated carbocycles. The molecule has 2 aromatic rings. The van der Waals surface area contributed by atoms with Crippen molar-refractivity contribution in [1.82, 2.24) is 0 Å². The molecule has 0 unspecified atom stereocenters. The summed E-state index contributed by atoms with van der Waals surface area (Å²) in [5, 5.41) is 0.950. The molecular formula is C18H20O5. The van der Waals surface area contributed by atoms with Gasteiger partial charge in [-0.3, -0.25) is 0 Å². The summed E-state index contributed by atoms with van der Waals surface area (Å²) in [6.45, 7) is 3.95. The Bertz CT molecular complexity index is 790. The molecule has 5 heteroatoms. The molecule has 1 atom stereocenters. The van der Waals surface area contributed by atoms with Crippen molar-refractivity contribution in [1.29, 1.82) is 0 Å². The maximum atomic E-state index is 12.0. The van der Waals surface area contributed by atoms with E-state index in [0.717, 1.165) is 42.2 Å². The Balaban J connectivity index is 1.85. The Kier molecular flexibility index (Phi) is 4.37. The number of carbonyl (C=O) groups excluding carboxylic acids is 1. The van der Waals surface area contributed by atoms with E-state index in [4.69, 9.17) is 13.9 Å². The topological polar surface area (TPSA) is 65.7 Å². The number of rotatable bonds is 5. The number of hydrogen-bond donors (Lipinski definition) is 0.